The van der Waals surface area contributed by atoms with Crippen molar-refractivity contribution in [1.29, 1.82) is 0 Å². The van der Waals surface area contributed by atoms with Crippen LogP contribution in [0.2, 0.25) is 0 Å². The lowest BCUT2D eigenvalue weighted by Gasteiger charge is -2.03. The van der Waals surface area contributed by atoms with Gasteiger partial charge in [0.15, 0.2) is 5.82 Å². The Morgan fingerprint density at radius 1 is 1.44 bits per heavy atom. The number of rotatable bonds is 8. The highest BCUT2D eigenvalue weighted by atomic mass is 32.2. The third-order valence-electron chi connectivity index (χ3n) is 2.18. The molecule has 0 saturated heterocycles. The quantitative estimate of drug-likeness (QED) is 0.652. The van der Waals surface area contributed by atoms with Crippen LogP contribution in [-0.4, -0.2) is 43.2 Å². The first kappa shape index (κ1) is 13.1. The Labute approximate surface area is 95.3 Å². The van der Waals surface area contributed by atoms with Gasteiger partial charge in [-0.05, 0) is 13.0 Å². The van der Waals surface area contributed by atoms with E-state index in [1.807, 2.05) is 0 Å². The standard InChI is InChI=1S/C9H17N3O3S/c1-2-16(13,14)7-3-5-10-6-4-9-11-8-15-12-9/h8,10H,2-7H2,1H3. The minimum atomic E-state index is -2.83. The first-order chi connectivity index (χ1) is 7.64. The maximum atomic E-state index is 11.2. The molecule has 0 aliphatic heterocycles. The maximum Gasteiger partial charge on any atom is 0.213 e. The van der Waals surface area contributed by atoms with E-state index < -0.39 is 9.84 Å². The zero-order valence-corrected chi connectivity index (χ0v) is 10.2. The monoisotopic (exact) mass is 247 g/mol. The Morgan fingerprint density at radius 3 is 2.88 bits per heavy atom. The zero-order valence-electron chi connectivity index (χ0n) is 9.35. The van der Waals surface area contributed by atoms with Gasteiger partial charge < -0.3 is 9.84 Å². The largest absolute Gasteiger partial charge is 0.343 e. The molecule has 0 atom stereocenters. The van der Waals surface area contributed by atoms with E-state index in [1.165, 1.54) is 6.39 Å². The summed E-state index contributed by atoms with van der Waals surface area (Å²) in [4.78, 5) is 3.87. The van der Waals surface area contributed by atoms with Crippen LogP contribution < -0.4 is 5.32 Å². The van der Waals surface area contributed by atoms with Gasteiger partial charge in [0.2, 0.25) is 6.39 Å². The first-order valence-corrected chi connectivity index (χ1v) is 7.12. The van der Waals surface area contributed by atoms with Gasteiger partial charge in [-0.15, -0.1) is 0 Å². The summed E-state index contributed by atoms with van der Waals surface area (Å²) in [5.74, 6) is 1.13. The van der Waals surface area contributed by atoms with Crippen molar-refractivity contribution >= 4 is 9.84 Å². The average Bonchev–Trinajstić information content (AvgIpc) is 2.76. The van der Waals surface area contributed by atoms with Crippen LogP contribution in [0, 0.1) is 0 Å². The second kappa shape index (κ2) is 6.59. The lowest BCUT2D eigenvalue weighted by molar-refractivity contribution is 0.409. The minimum Gasteiger partial charge on any atom is -0.343 e. The molecule has 92 valence electrons. The molecule has 0 aliphatic rings. The summed E-state index contributed by atoms with van der Waals surface area (Å²) >= 11 is 0. The van der Waals surface area contributed by atoms with Gasteiger partial charge in [-0.25, -0.2) is 8.42 Å². The van der Waals surface area contributed by atoms with Gasteiger partial charge in [0.1, 0.15) is 9.84 Å². The Balaban J connectivity index is 2.01. The molecular formula is C9H17N3O3S. The molecule has 0 fully saturated rings. The van der Waals surface area contributed by atoms with Crippen molar-refractivity contribution in [2.24, 2.45) is 0 Å². The summed E-state index contributed by atoms with van der Waals surface area (Å²) < 4.78 is 26.9. The van der Waals surface area contributed by atoms with Crippen LogP contribution in [-0.2, 0) is 16.3 Å². The Hall–Kier alpha value is -0.950. The Bertz CT molecular complexity index is 375. The van der Waals surface area contributed by atoms with Gasteiger partial charge in [-0.1, -0.05) is 12.1 Å². The molecule has 0 radical (unpaired) electrons. The molecule has 0 amide bonds. The van der Waals surface area contributed by atoms with Crippen LogP contribution in [0.25, 0.3) is 0 Å². The zero-order chi connectivity index (χ0) is 11.9. The molecular weight excluding hydrogens is 230 g/mol. The smallest absolute Gasteiger partial charge is 0.213 e. The van der Waals surface area contributed by atoms with Crippen molar-refractivity contribution in [3.8, 4) is 0 Å². The molecule has 1 N–H and O–H groups in total. The van der Waals surface area contributed by atoms with Crippen molar-refractivity contribution < 1.29 is 12.9 Å². The average molecular weight is 247 g/mol. The van der Waals surface area contributed by atoms with Crippen molar-refractivity contribution in [3.63, 3.8) is 0 Å². The summed E-state index contributed by atoms with van der Waals surface area (Å²) in [5.41, 5.74) is 0. The summed E-state index contributed by atoms with van der Waals surface area (Å²) in [6.45, 7) is 3.09. The van der Waals surface area contributed by atoms with E-state index in [2.05, 4.69) is 20.0 Å². The predicted molar refractivity (Wildman–Crippen MR) is 59.8 cm³/mol. The second-order valence-electron chi connectivity index (χ2n) is 3.44. The summed E-state index contributed by atoms with van der Waals surface area (Å²) in [6.07, 6.45) is 2.63. The molecule has 0 unspecified atom stereocenters. The van der Waals surface area contributed by atoms with Gasteiger partial charge in [-0.3, -0.25) is 0 Å². The van der Waals surface area contributed by atoms with E-state index in [0.29, 0.717) is 25.2 Å². The van der Waals surface area contributed by atoms with E-state index in [4.69, 9.17) is 0 Å². The molecule has 6 nitrogen and oxygen atoms in total. The van der Waals surface area contributed by atoms with Gasteiger partial charge in [0.05, 0.1) is 5.75 Å². The van der Waals surface area contributed by atoms with Gasteiger partial charge in [0.25, 0.3) is 0 Å². The SMILES string of the molecule is CCS(=O)(=O)CCCNCCc1ncon1. The van der Waals surface area contributed by atoms with Crippen molar-refractivity contribution in [2.45, 2.75) is 19.8 Å². The molecule has 1 heterocycles. The van der Waals surface area contributed by atoms with Crippen LogP contribution in [0.1, 0.15) is 19.2 Å². The summed E-state index contributed by atoms with van der Waals surface area (Å²) in [6, 6.07) is 0. The van der Waals surface area contributed by atoms with Crippen LogP contribution in [0.15, 0.2) is 10.9 Å². The normalized spacial score (nSPS) is 11.8. The molecule has 1 aromatic rings. The Morgan fingerprint density at radius 2 is 2.25 bits per heavy atom. The number of nitrogens with zero attached hydrogens (tertiary/aromatic N) is 2. The first-order valence-electron chi connectivity index (χ1n) is 5.30. The van der Waals surface area contributed by atoms with Gasteiger partial charge >= 0.3 is 0 Å². The number of nitrogens with one attached hydrogen (secondary N) is 1. The fourth-order valence-corrected chi connectivity index (χ4v) is 2.06. The fraction of sp³-hybridized carbons (Fsp3) is 0.778. The van der Waals surface area contributed by atoms with Crippen molar-refractivity contribution in [1.82, 2.24) is 15.5 Å². The summed E-state index contributed by atoms with van der Waals surface area (Å²) in [5, 5.41) is 6.80. The lowest BCUT2D eigenvalue weighted by atomic mass is 10.4. The second-order valence-corrected chi connectivity index (χ2v) is 5.91. The van der Waals surface area contributed by atoms with E-state index in [9.17, 15) is 8.42 Å². The van der Waals surface area contributed by atoms with Crippen LogP contribution >= 0.6 is 0 Å². The molecule has 0 bridgehead atoms. The highest BCUT2D eigenvalue weighted by Crippen LogP contribution is 1.92. The van der Waals surface area contributed by atoms with Crippen LogP contribution in [0.4, 0.5) is 0 Å². The molecule has 0 aliphatic carbocycles. The molecule has 0 saturated carbocycles. The third-order valence-corrected chi connectivity index (χ3v) is 3.97. The Kier molecular flexibility index (Phi) is 5.41. The highest BCUT2D eigenvalue weighted by Gasteiger charge is 2.05. The molecule has 1 aromatic heterocycles. The van der Waals surface area contributed by atoms with E-state index in [-0.39, 0.29) is 11.5 Å². The van der Waals surface area contributed by atoms with Crippen molar-refractivity contribution in [2.75, 3.05) is 24.6 Å². The number of aromatic nitrogens is 2. The molecule has 7 heteroatoms. The number of hydrogen-bond donors (Lipinski definition) is 1. The minimum absolute atomic E-state index is 0.218. The van der Waals surface area contributed by atoms with Crippen molar-refractivity contribution in [3.05, 3.63) is 12.2 Å². The lowest BCUT2D eigenvalue weighted by Crippen LogP contribution is -2.21. The van der Waals surface area contributed by atoms with Gasteiger partial charge in [0, 0.05) is 18.7 Å². The summed E-state index contributed by atoms with van der Waals surface area (Å²) in [7, 11) is -2.83. The van der Waals surface area contributed by atoms with Crippen LogP contribution in [0.3, 0.4) is 0 Å². The highest BCUT2D eigenvalue weighted by molar-refractivity contribution is 7.91. The molecule has 0 aromatic carbocycles. The van der Waals surface area contributed by atoms with Gasteiger partial charge in [-0.2, -0.15) is 4.98 Å². The predicted octanol–water partition coefficient (Wildman–Crippen LogP) is 0.0265. The topological polar surface area (TPSA) is 85.1 Å². The molecule has 1 rings (SSSR count). The van der Waals surface area contributed by atoms with E-state index in [1.54, 1.807) is 6.92 Å². The fourth-order valence-electron chi connectivity index (χ4n) is 1.19. The van der Waals surface area contributed by atoms with E-state index in [0.717, 1.165) is 6.54 Å². The van der Waals surface area contributed by atoms with E-state index >= 15 is 0 Å². The third kappa shape index (κ3) is 5.22. The van der Waals surface area contributed by atoms with Crippen LogP contribution in [0.5, 0.6) is 0 Å². The number of hydrogen-bond acceptors (Lipinski definition) is 6. The number of sulfone groups is 1. The maximum absolute atomic E-state index is 11.2. The molecule has 16 heavy (non-hydrogen) atoms. The molecule has 0 spiro atoms.